The van der Waals surface area contributed by atoms with Crippen LogP contribution in [-0.4, -0.2) is 64.3 Å². The van der Waals surface area contributed by atoms with Crippen LogP contribution in [0.2, 0.25) is 0 Å². The van der Waals surface area contributed by atoms with Crippen LogP contribution < -0.4 is 0 Å². The molecule has 0 aliphatic carbocycles. The van der Waals surface area contributed by atoms with Gasteiger partial charge < -0.3 is 29.9 Å². The third-order valence-electron chi connectivity index (χ3n) is 3.88. The summed E-state index contributed by atoms with van der Waals surface area (Å²) in [5.74, 6) is 0. The fourth-order valence-corrected chi connectivity index (χ4v) is 2.46. The van der Waals surface area contributed by atoms with Crippen LogP contribution in [0.25, 0.3) is 0 Å². The lowest BCUT2D eigenvalue weighted by molar-refractivity contribution is -0.301. The van der Waals surface area contributed by atoms with Gasteiger partial charge in [0.05, 0.1) is 6.61 Å². The number of aliphatic hydroxyl groups excluding tert-OH is 4. The van der Waals surface area contributed by atoms with Crippen LogP contribution in [0, 0.1) is 0 Å². The van der Waals surface area contributed by atoms with Gasteiger partial charge in [-0.2, -0.15) is 0 Å². The average molecular weight is 306 g/mol. The summed E-state index contributed by atoms with van der Waals surface area (Å²) in [4.78, 5) is 0. The molecule has 1 aliphatic rings. The molecule has 0 aromatic rings. The van der Waals surface area contributed by atoms with Gasteiger partial charge in [0.2, 0.25) is 0 Å². The second-order valence-corrected chi connectivity index (χ2v) is 5.69. The molecular formula is C15H30O6. The molecule has 5 atom stereocenters. The molecule has 4 N–H and O–H groups in total. The Hall–Kier alpha value is -0.240. The molecule has 0 spiro atoms. The lowest BCUT2D eigenvalue weighted by Crippen LogP contribution is -2.59. The number of rotatable bonds is 10. The predicted molar refractivity (Wildman–Crippen MR) is 77.7 cm³/mol. The van der Waals surface area contributed by atoms with Crippen molar-refractivity contribution in [1.82, 2.24) is 0 Å². The first-order chi connectivity index (χ1) is 10.1. The van der Waals surface area contributed by atoms with Crippen molar-refractivity contribution in [2.75, 3.05) is 13.2 Å². The van der Waals surface area contributed by atoms with Crippen LogP contribution in [0.15, 0.2) is 0 Å². The number of hydrogen-bond donors (Lipinski definition) is 4. The lowest BCUT2D eigenvalue weighted by Gasteiger charge is -2.39. The second-order valence-electron chi connectivity index (χ2n) is 5.69. The van der Waals surface area contributed by atoms with Crippen molar-refractivity contribution in [2.45, 2.75) is 82.6 Å². The molecule has 0 radical (unpaired) electrons. The molecule has 0 aromatic heterocycles. The van der Waals surface area contributed by atoms with E-state index in [0.717, 1.165) is 19.3 Å². The lowest BCUT2D eigenvalue weighted by atomic mass is 9.99. The predicted octanol–water partition coefficient (Wildman–Crippen LogP) is 0.553. The van der Waals surface area contributed by atoms with Gasteiger partial charge in [-0.15, -0.1) is 0 Å². The zero-order valence-corrected chi connectivity index (χ0v) is 12.9. The Morgan fingerprint density at radius 3 is 2.10 bits per heavy atom. The molecule has 0 amide bonds. The van der Waals surface area contributed by atoms with Crippen LogP contribution in [0.5, 0.6) is 0 Å². The fourth-order valence-electron chi connectivity index (χ4n) is 2.46. The summed E-state index contributed by atoms with van der Waals surface area (Å²) in [5, 5.41) is 38.1. The third kappa shape index (κ3) is 6.18. The Kier molecular flexibility index (Phi) is 9.39. The maximum atomic E-state index is 9.78. The summed E-state index contributed by atoms with van der Waals surface area (Å²) < 4.78 is 10.7. The van der Waals surface area contributed by atoms with Gasteiger partial charge in [0, 0.05) is 6.61 Å². The van der Waals surface area contributed by atoms with Crippen molar-refractivity contribution in [3.8, 4) is 0 Å². The largest absolute Gasteiger partial charge is 0.394 e. The zero-order valence-electron chi connectivity index (χ0n) is 12.9. The summed E-state index contributed by atoms with van der Waals surface area (Å²) in [5.41, 5.74) is 0. The van der Waals surface area contributed by atoms with Gasteiger partial charge in [0.1, 0.15) is 24.4 Å². The Morgan fingerprint density at radius 1 is 0.857 bits per heavy atom. The van der Waals surface area contributed by atoms with Crippen molar-refractivity contribution in [1.29, 1.82) is 0 Å². The average Bonchev–Trinajstić information content (AvgIpc) is 2.49. The van der Waals surface area contributed by atoms with Crippen molar-refractivity contribution < 1.29 is 29.9 Å². The van der Waals surface area contributed by atoms with Gasteiger partial charge in [0.25, 0.3) is 0 Å². The molecule has 0 unspecified atom stereocenters. The highest BCUT2D eigenvalue weighted by molar-refractivity contribution is 4.88. The van der Waals surface area contributed by atoms with Crippen LogP contribution in [-0.2, 0) is 9.47 Å². The molecule has 1 fully saturated rings. The van der Waals surface area contributed by atoms with E-state index in [9.17, 15) is 15.3 Å². The first-order valence-electron chi connectivity index (χ1n) is 8.04. The Bertz CT molecular complexity index is 261. The molecule has 0 aromatic carbocycles. The standard InChI is InChI=1S/C15H30O6/c1-2-3-4-5-6-7-8-9-20-15-14(19)13(18)12(17)11(10-16)21-15/h11-19H,2-10H2,1H3/t11-,12+,13+,14-,15-/m1/s1. The molecule has 0 saturated carbocycles. The van der Waals surface area contributed by atoms with E-state index in [1.54, 1.807) is 0 Å². The Labute approximate surface area is 126 Å². The first-order valence-corrected chi connectivity index (χ1v) is 8.04. The normalized spacial score (nSPS) is 33.3. The van der Waals surface area contributed by atoms with E-state index in [1.807, 2.05) is 0 Å². The van der Waals surface area contributed by atoms with Crippen molar-refractivity contribution >= 4 is 0 Å². The van der Waals surface area contributed by atoms with Crippen LogP contribution in [0.3, 0.4) is 0 Å². The minimum atomic E-state index is -1.37. The summed E-state index contributed by atoms with van der Waals surface area (Å²) in [6.07, 6.45) is 2.20. The molecular weight excluding hydrogens is 276 g/mol. The number of aliphatic hydroxyl groups is 4. The van der Waals surface area contributed by atoms with Crippen molar-refractivity contribution in [2.24, 2.45) is 0 Å². The quantitative estimate of drug-likeness (QED) is 0.440. The van der Waals surface area contributed by atoms with Crippen LogP contribution in [0.1, 0.15) is 51.9 Å². The van der Waals surface area contributed by atoms with Gasteiger partial charge in [-0.25, -0.2) is 0 Å². The minimum Gasteiger partial charge on any atom is -0.394 e. The minimum absolute atomic E-state index is 0.427. The van der Waals surface area contributed by atoms with E-state index in [0.29, 0.717) is 6.61 Å². The van der Waals surface area contributed by atoms with E-state index in [1.165, 1.54) is 25.7 Å². The molecule has 1 aliphatic heterocycles. The van der Waals surface area contributed by atoms with E-state index in [-0.39, 0.29) is 0 Å². The summed E-state index contributed by atoms with van der Waals surface area (Å²) in [7, 11) is 0. The van der Waals surface area contributed by atoms with Gasteiger partial charge in [0.15, 0.2) is 6.29 Å². The first kappa shape index (κ1) is 18.8. The van der Waals surface area contributed by atoms with Crippen molar-refractivity contribution in [3.05, 3.63) is 0 Å². The summed E-state index contributed by atoms with van der Waals surface area (Å²) in [6, 6.07) is 0. The van der Waals surface area contributed by atoms with Crippen molar-refractivity contribution in [3.63, 3.8) is 0 Å². The van der Waals surface area contributed by atoms with E-state index in [4.69, 9.17) is 14.6 Å². The maximum Gasteiger partial charge on any atom is 0.186 e. The molecule has 0 bridgehead atoms. The van der Waals surface area contributed by atoms with E-state index in [2.05, 4.69) is 6.92 Å². The van der Waals surface area contributed by atoms with E-state index >= 15 is 0 Å². The van der Waals surface area contributed by atoms with Crippen LogP contribution >= 0.6 is 0 Å². The number of unbranched alkanes of at least 4 members (excludes halogenated alkanes) is 6. The zero-order chi connectivity index (χ0) is 15.7. The second kappa shape index (κ2) is 10.5. The molecule has 126 valence electrons. The van der Waals surface area contributed by atoms with Gasteiger partial charge in [-0.1, -0.05) is 45.4 Å². The summed E-state index contributed by atoms with van der Waals surface area (Å²) >= 11 is 0. The highest BCUT2D eigenvalue weighted by Crippen LogP contribution is 2.22. The topological polar surface area (TPSA) is 99.4 Å². The molecule has 6 heteroatoms. The fraction of sp³-hybridized carbons (Fsp3) is 1.00. The third-order valence-corrected chi connectivity index (χ3v) is 3.88. The number of ether oxygens (including phenoxy) is 2. The highest BCUT2D eigenvalue weighted by Gasteiger charge is 2.43. The molecule has 6 nitrogen and oxygen atoms in total. The number of hydrogen-bond acceptors (Lipinski definition) is 6. The van der Waals surface area contributed by atoms with Gasteiger partial charge >= 0.3 is 0 Å². The van der Waals surface area contributed by atoms with Gasteiger partial charge in [-0.05, 0) is 6.42 Å². The molecule has 1 saturated heterocycles. The van der Waals surface area contributed by atoms with Gasteiger partial charge in [-0.3, -0.25) is 0 Å². The Balaban J connectivity index is 2.16. The smallest absolute Gasteiger partial charge is 0.186 e. The van der Waals surface area contributed by atoms with E-state index < -0.39 is 37.3 Å². The molecule has 1 heterocycles. The molecule has 1 rings (SSSR count). The maximum absolute atomic E-state index is 9.78. The van der Waals surface area contributed by atoms with Crippen LogP contribution in [0.4, 0.5) is 0 Å². The highest BCUT2D eigenvalue weighted by atomic mass is 16.7. The molecule has 21 heavy (non-hydrogen) atoms. The SMILES string of the molecule is CCCCCCCCCO[C@@H]1O[C@H](CO)[C@H](O)[C@H](O)[C@H]1O. The Morgan fingerprint density at radius 2 is 1.48 bits per heavy atom. The monoisotopic (exact) mass is 306 g/mol. The summed E-state index contributed by atoms with van der Waals surface area (Å²) in [6.45, 7) is 2.19.